The van der Waals surface area contributed by atoms with Crippen LogP contribution in [0, 0.1) is 0 Å². The van der Waals surface area contributed by atoms with E-state index in [0.717, 1.165) is 71.5 Å². The highest BCUT2D eigenvalue weighted by atomic mass is 16.7. The molecule has 4 unspecified atom stereocenters. The molecule has 0 bridgehead atoms. The average molecular weight is 636 g/mol. The van der Waals surface area contributed by atoms with E-state index in [-0.39, 0.29) is 24.8 Å². The van der Waals surface area contributed by atoms with Crippen molar-refractivity contribution in [1.82, 2.24) is 15.5 Å². The summed E-state index contributed by atoms with van der Waals surface area (Å²) >= 11 is 0. The van der Waals surface area contributed by atoms with Gasteiger partial charge in [0.05, 0.1) is 25.4 Å². The summed E-state index contributed by atoms with van der Waals surface area (Å²) in [6.45, 7) is 3.51. The van der Waals surface area contributed by atoms with Crippen LogP contribution < -0.4 is 10.6 Å². The number of benzene rings is 4. The first kappa shape index (κ1) is 32.9. The van der Waals surface area contributed by atoms with E-state index in [4.69, 9.17) is 14.2 Å². The minimum absolute atomic E-state index is 0.0141. The normalized spacial score (nSPS) is 21.4. The molecule has 0 aromatic heterocycles. The third-order valence-electron chi connectivity index (χ3n) is 9.08. The van der Waals surface area contributed by atoms with E-state index < -0.39 is 6.29 Å². The van der Waals surface area contributed by atoms with Crippen LogP contribution in [0.4, 0.5) is 4.79 Å². The van der Waals surface area contributed by atoms with E-state index in [2.05, 4.69) is 58.0 Å². The zero-order chi connectivity index (χ0) is 32.4. The predicted molar refractivity (Wildman–Crippen MR) is 182 cm³/mol. The van der Waals surface area contributed by atoms with E-state index in [1.807, 2.05) is 60.7 Å². The Labute approximate surface area is 277 Å². The second-order valence-electron chi connectivity index (χ2n) is 12.4. The van der Waals surface area contributed by atoms with Crippen molar-refractivity contribution >= 4 is 6.03 Å². The van der Waals surface area contributed by atoms with E-state index in [0.29, 0.717) is 19.1 Å². The van der Waals surface area contributed by atoms with Gasteiger partial charge in [-0.1, -0.05) is 91.0 Å². The fourth-order valence-electron chi connectivity index (χ4n) is 6.56. The van der Waals surface area contributed by atoms with Crippen LogP contribution in [0.3, 0.4) is 0 Å². The van der Waals surface area contributed by atoms with Crippen LogP contribution in [-0.2, 0) is 33.9 Å². The number of nitrogens with zero attached hydrogens (tertiary/aromatic N) is 1. The fraction of sp³-hybridized carbons (Fsp3) is 0.359. The summed E-state index contributed by atoms with van der Waals surface area (Å²) < 4.78 is 18.9. The van der Waals surface area contributed by atoms with E-state index in [1.54, 1.807) is 7.11 Å². The first-order chi connectivity index (χ1) is 23.1. The Bertz CT molecular complexity index is 1580. The van der Waals surface area contributed by atoms with Gasteiger partial charge in [-0.25, -0.2) is 4.79 Å². The van der Waals surface area contributed by atoms with Crippen LogP contribution in [0.15, 0.2) is 103 Å². The molecule has 246 valence electrons. The minimum Gasteiger partial charge on any atom is -0.392 e. The smallest absolute Gasteiger partial charge is 0.315 e. The van der Waals surface area contributed by atoms with Crippen molar-refractivity contribution in [2.24, 2.45) is 0 Å². The van der Waals surface area contributed by atoms with Crippen LogP contribution in [0.1, 0.15) is 59.5 Å². The van der Waals surface area contributed by atoms with Gasteiger partial charge in [-0.05, 0) is 64.9 Å². The third-order valence-corrected chi connectivity index (χ3v) is 9.08. The molecule has 0 radical (unpaired) electrons. The molecule has 0 aliphatic carbocycles. The largest absolute Gasteiger partial charge is 0.392 e. The number of carbonyl (C=O) groups excluding carboxylic acids is 1. The highest BCUT2D eigenvalue weighted by molar-refractivity contribution is 5.74. The standard InChI is InChI=1S/C39H45N3O5/c1-45-27-35-14-7-19-42(35)25-36-22-37(31-17-15-29(26-43)16-18-31)47-38(46-36)34-13-6-12-33(21-34)32-11-5-10-30(20-32)24-41-39(44)40-23-28-8-3-2-4-9-28/h2-6,8-13,15-18,20-21,35-38,43H,7,14,19,22-27H2,1H3,(H2,40,41,44). The molecule has 4 aromatic carbocycles. The number of amides is 2. The van der Waals surface area contributed by atoms with Gasteiger partial charge in [-0.3, -0.25) is 4.90 Å². The maximum absolute atomic E-state index is 12.4. The predicted octanol–water partition coefficient (Wildman–Crippen LogP) is 6.50. The number of urea groups is 1. The van der Waals surface area contributed by atoms with Gasteiger partial charge >= 0.3 is 6.03 Å². The molecule has 2 saturated heterocycles. The second-order valence-corrected chi connectivity index (χ2v) is 12.4. The average Bonchev–Trinajstić information content (AvgIpc) is 3.56. The first-order valence-electron chi connectivity index (χ1n) is 16.6. The molecule has 4 atom stereocenters. The molecular formula is C39H45N3O5. The summed E-state index contributed by atoms with van der Waals surface area (Å²) in [5.74, 6) is 0. The Morgan fingerprint density at radius 2 is 1.55 bits per heavy atom. The van der Waals surface area contributed by atoms with E-state index in [9.17, 15) is 9.90 Å². The summed E-state index contributed by atoms with van der Waals surface area (Å²) in [6, 6.07) is 34.7. The van der Waals surface area contributed by atoms with Crippen molar-refractivity contribution in [3.05, 3.63) is 131 Å². The monoisotopic (exact) mass is 635 g/mol. The molecule has 2 amide bonds. The summed E-state index contributed by atoms with van der Waals surface area (Å²) in [6.07, 6.45) is 2.38. The van der Waals surface area contributed by atoms with Crippen molar-refractivity contribution in [2.75, 3.05) is 26.8 Å². The van der Waals surface area contributed by atoms with Crippen molar-refractivity contribution < 1.29 is 24.1 Å². The number of hydrogen-bond donors (Lipinski definition) is 3. The maximum Gasteiger partial charge on any atom is 0.315 e. The number of carbonyl (C=O) groups is 1. The molecule has 2 aliphatic heterocycles. The lowest BCUT2D eigenvalue weighted by molar-refractivity contribution is -0.253. The number of rotatable bonds is 12. The van der Waals surface area contributed by atoms with Crippen LogP contribution in [0.5, 0.6) is 0 Å². The lowest BCUT2D eigenvalue weighted by Crippen LogP contribution is -2.42. The molecule has 2 aliphatic rings. The van der Waals surface area contributed by atoms with E-state index in [1.165, 1.54) is 6.42 Å². The van der Waals surface area contributed by atoms with Gasteiger partial charge in [0.1, 0.15) is 0 Å². The van der Waals surface area contributed by atoms with Gasteiger partial charge in [0.15, 0.2) is 6.29 Å². The second kappa shape index (κ2) is 16.2. The highest BCUT2D eigenvalue weighted by Crippen LogP contribution is 2.39. The lowest BCUT2D eigenvalue weighted by Gasteiger charge is -2.39. The van der Waals surface area contributed by atoms with Gasteiger partial charge in [-0.15, -0.1) is 0 Å². The molecule has 47 heavy (non-hydrogen) atoms. The molecule has 4 aromatic rings. The first-order valence-corrected chi connectivity index (χ1v) is 16.6. The topological polar surface area (TPSA) is 92.3 Å². The van der Waals surface area contributed by atoms with Gasteiger partial charge in [0.25, 0.3) is 0 Å². The number of nitrogens with one attached hydrogen (secondary N) is 2. The lowest BCUT2D eigenvalue weighted by atomic mass is 9.98. The number of ether oxygens (including phenoxy) is 3. The molecule has 0 saturated carbocycles. The third kappa shape index (κ3) is 8.86. The van der Waals surface area contributed by atoms with E-state index >= 15 is 0 Å². The summed E-state index contributed by atoms with van der Waals surface area (Å²) in [5.41, 5.74) is 7.10. The molecule has 8 heteroatoms. The Balaban J connectivity index is 1.15. The van der Waals surface area contributed by atoms with Crippen LogP contribution in [-0.4, -0.2) is 55.0 Å². The summed E-state index contributed by atoms with van der Waals surface area (Å²) in [4.78, 5) is 14.9. The molecular weight excluding hydrogens is 590 g/mol. The van der Waals surface area contributed by atoms with Gasteiger partial charge in [-0.2, -0.15) is 0 Å². The van der Waals surface area contributed by atoms with Crippen molar-refractivity contribution in [1.29, 1.82) is 0 Å². The van der Waals surface area contributed by atoms with Crippen molar-refractivity contribution in [2.45, 2.75) is 63.5 Å². The number of likely N-dealkylation sites (tertiary alicyclic amines) is 1. The molecule has 3 N–H and O–H groups in total. The number of aliphatic hydroxyl groups is 1. The van der Waals surface area contributed by atoms with Gasteiger partial charge < -0.3 is 30.0 Å². The van der Waals surface area contributed by atoms with Crippen LogP contribution in [0.2, 0.25) is 0 Å². The molecule has 2 heterocycles. The summed E-state index contributed by atoms with van der Waals surface area (Å²) in [5, 5.41) is 15.4. The summed E-state index contributed by atoms with van der Waals surface area (Å²) in [7, 11) is 1.77. The number of methoxy groups -OCH3 is 1. The maximum atomic E-state index is 12.4. The molecule has 8 nitrogen and oxygen atoms in total. The highest BCUT2D eigenvalue weighted by Gasteiger charge is 2.35. The molecule has 6 rings (SSSR count). The quantitative estimate of drug-likeness (QED) is 0.165. The Hall–Kier alpha value is -4.05. The number of hydrogen-bond acceptors (Lipinski definition) is 6. The zero-order valence-corrected chi connectivity index (χ0v) is 27.0. The van der Waals surface area contributed by atoms with Gasteiger partial charge in [0, 0.05) is 44.8 Å². The van der Waals surface area contributed by atoms with Crippen LogP contribution >= 0.6 is 0 Å². The Morgan fingerprint density at radius 3 is 2.32 bits per heavy atom. The fourth-order valence-corrected chi connectivity index (χ4v) is 6.56. The van der Waals surface area contributed by atoms with Crippen LogP contribution in [0.25, 0.3) is 11.1 Å². The number of aliphatic hydroxyl groups excluding tert-OH is 1. The van der Waals surface area contributed by atoms with Crippen molar-refractivity contribution in [3.8, 4) is 11.1 Å². The Morgan fingerprint density at radius 1 is 0.830 bits per heavy atom. The molecule has 0 spiro atoms. The molecule has 2 fully saturated rings. The zero-order valence-electron chi connectivity index (χ0n) is 27.0. The minimum atomic E-state index is -0.530. The van der Waals surface area contributed by atoms with Gasteiger partial charge in [0.2, 0.25) is 0 Å². The Kier molecular flexibility index (Phi) is 11.3. The van der Waals surface area contributed by atoms with Crippen molar-refractivity contribution in [3.63, 3.8) is 0 Å². The SMILES string of the molecule is COCC1CCCN1CC1CC(c2ccc(CO)cc2)OC(c2cccc(-c3cccc(CNC(=O)NCc4ccccc4)c3)c2)O1.